The summed E-state index contributed by atoms with van der Waals surface area (Å²) in [5, 5.41) is 0. The van der Waals surface area contributed by atoms with Gasteiger partial charge >= 0.3 is 0 Å². The molecule has 0 amide bonds. The van der Waals surface area contributed by atoms with Gasteiger partial charge in [-0.1, -0.05) is 39.3 Å². The van der Waals surface area contributed by atoms with E-state index in [1.54, 1.807) is 6.08 Å². The summed E-state index contributed by atoms with van der Waals surface area (Å²) in [6.07, 6.45) is 6.76. The average molecular weight is 299 g/mol. The van der Waals surface area contributed by atoms with Gasteiger partial charge in [-0.05, 0) is 26.7 Å². The highest BCUT2D eigenvalue weighted by Gasteiger charge is 2.55. The molecule has 0 aromatic rings. The van der Waals surface area contributed by atoms with Crippen LogP contribution in [0, 0.1) is 0 Å². The van der Waals surface area contributed by atoms with E-state index in [2.05, 4.69) is 45.2 Å². The smallest absolute Gasteiger partial charge is 0.213 e. The molecular weight excluding hydrogens is 270 g/mol. The van der Waals surface area contributed by atoms with Crippen LogP contribution in [-0.2, 0) is 9.47 Å². The Hall–Kier alpha value is -0.450. The van der Waals surface area contributed by atoms with Gasteiger partial charge in [0.2, 0.25) is 5.79 Å². The van der Waals surface area contributed by atoms with Gasteiger partial charge in [-0.3, -0.25) is 0 Å². The predicted molar refractivity (Wildman–Crippen MR) is 87.6 cm³/mol. The Labute approximate surface area is 129 Å². The average Bonchev–Trinajstić information content (AvgIpc) is 2.41. The quantitative estimate of drug-likeness (QED) is 0.327. The normalized spacial score (nSPS) is 28.9. The number of hydrogen-bond acceptors (Lipinski definition) is 4. The van der Waals surface area contributed by atoms with Crippen molar-refractivity contribution in [2.75, 3.05) is 6.61 Å². The van der Waals surface area contributed by atoms with Crippen molar-refractivity contribution in [1.82, 2.24) is 4.31 Å². The minimum atomic E-state index is -0.648. The minimum Gasteiger partial charge on any atom is -0.470 e. The monoisotopic (exact) mass is 299 g/mol. The molecule has 1 aliphatic heterocycles. The van der Waals surface area contributed by atoms with Crippen LogP contribution in [0.2, 0.25) is 0 Å². The zero-order chi connectivity index (χ0) is 15.4. The van der Waals surface area contributed by atoms with E-state index in [9.17, 15) is 0 Å². The van der Waals surface area contributed by atoms with Crippen molar-refractivity contribution in [3.05, 3.63) is 25.5 Å². The van der Waals surface area contributed by atoms with Crippen LogP contribution in [0.3, 0.4) is 0 Å². The molecule has 0 N–H and O–H groups in total. The van der Waals surface area contributed by atoms with Gasteiger partial charge < -0.3 is 9.47 Å². The second kappa shape index (κ2) is 6.54. The van der Waals surface area contributed by atoms with Crippen LogP contribution in [0.25, 0.3) is 0 Å². The fraction of sp³-hybridized carbons (Fsp3) is 0.750. The van der Waals surface area contributed by atoms with Crippen molar-refractivity contribution in [2.24, 2.45) is 0 Å². The molecule has 1 aliphatic rings. The fourth-order valence-corrected chi connectivity index (χ4v) is 3.82. The Morgan fingerprint density at radius 3 is 2.25 bits per heavy atom. The molecule has 3 nitrogen and oxygen atoms in total. The lowest BCUT2D eigenvalue weighted by atomic mass is 9.74. The van der Waals surface area contributed by atoms with Crippen molar-refractivity contribution in [3.8, 4) is 0 Å². The summed E-state index contributed by atoms with van der Waals surface area (Å²) in [6, 6.07) is 0. The molecule has 1 unspecified atom stereocenters. The largest absolute Gasteiger partial charge is 0.470 e. The Morgan fingerprint density at radius 1 is 1.20 bits per heavy atom. The lowest BCUT2D eigenvalue weighted by molar-refractivity contribution is -0.259. The van der Waals surface area contributed by atoms with Gasteiger partial charge in [-0.15, -0.1) is 6.58 Å². The van der Waals surface area contributed by atoms with E-state index in [1.807, 2.05) is 0 Å². The first-order valence-electron chi connectivity index (χ1n) is 7.34. The third-order valence-electron chi connectivity index (χ3n) is 4.40. The maximum absolute atomic E-state index is 6.03. The summed E-state index contributed by atoms with van der Waals surface area (Å²) >= 11 is 4.80. The summed E-state index contributed by atoms with van der Waals surface area (Å²) in [5.74, 6) is -0.648. The number of thiol groups is 1. The second-order valence-electron chi connectivity index (χ2n) is 6.20. The Bertz CT molecular complexity index is 352. The highest BCUT2D eigenvalue weighted by atomic mass is 32.1. The lowest BCUT2D eigenvalue weighted by Gasteiger charge is -2.58. The Morgan fingerprint density at radius 2 is 1.80 bits per heavy atom. The summed E-state index contributed by atoms with van der Waals surface area (Å²) < 4.78 is 14.1. The third-order valence-corrected chi connectivity index (χ3v) is 5.37. The molecule has 0 aromatic carbocycles. The molecule has 0 saturated carbocycles. The van der Waals surface area contributed by atoms with E-state index in [-0.39, 0.29) is 11.1 Å². The van der Waals surface area contributed by atoms with E-state index in [0.29, 0.717) is 6.61 Å². The van der Waals surface area contributed by atoms with Crippen molar-refractivity contribution in [1.29, 1.82) is 0 Å². The van der Waals surface area contributed by atoms with E-state index in [0.717, 1.165) is 25.7 Å². The van der Waals surface area contributed by atoms with Crippen molar-refractivity contribution < 1.29 is 9.47 Å². The number of ether oxygens (including phenoxy) is 2. The number of hydrogen-bond donors (Lipinski definition) is 1. The molecule has 20 heavy (non-hydrogen) atoms. The van der Waals surface area contributed by atoms with Gasteiger partial charge in [0.1, 0.15) is 0 Å². The zero-order valence-corrected chi connectivity index (χ0v) is 14.2. The highest BCUT2D eigenvalue weighted by Crippen LogP contribution is 2.49. The van der Waals surface area contributed by atoms with Gasteiger partial charge in [0.05, 0.1) is 12.9 Å². The second-order valence-corrected chi connectivity index (χ2v) is 6.60. The van der Waals surface area contributed by atoms with Crippen molar-refractivity contribution in [2.45, 2.75) is 70.2 Å². The maximum atomic E-state index is 6.03. The number of nitrogens with zero attached hydrogens (tertiary/aromatic N) is 1. The standard InChI is InChI=1S/C16H29NO2S/c1-7-11-19-16(18-10-4)12-14(5,6)17(20)15(8-2,9-3)13-16/h7,10,20H,1,4,8-9,11-13H2,2-3,5-6H3. The van der Waals surface area contributed by atoms with Gasteiger partial charge in [0.15, 0.2) is 0 Å². The molecule has 0 radical (unpaired) electrons. The van der Waals surface area contributed by atoms with Crippen LogP contribution >= 0.6 is 12.8 Å². The SMILES string of the molecule is C=CCOC1(OC=C)CC(C)(C)N(S)C(CC)(CC)C1. The molecule has 116 valence electrons. The van der Waals surface area contributed by atoms with E-state index in [4.69, 9.17) is 22.3 Å². The molecule has 1 rings (SSSR count). The third kappa shape index (κ3) is 3.23. The molecule has 1 fully saturated rings. The molecule has 0 spiro atoms. The molecule has 4 heteroatoms. The summed E-state index contributed by atoms with van der Waals surface area (Å²) in [4.78, 5) is 0. The van der Waals surface area contributed by atoms with Gasteiger partial charge in [-0.25, -0.2) is 4.31 Å². The van der Waals surface area contributed by atoms with Gasteiger partial charge in [0.25, 0.3) is 0 Å². The van der Waals surface area contributed by atoms with Crippen LogP contribution in [0.15, 0.2) is 25.5 Å². The topological polar surface area (TPSA) is 21.7 Å². The molecule has 0 bridgehead atoms. The zero-order valence-electron chi connectivity index (χ0n) is 13.3. The van der Waals surface area contributed by atoms with Gasteiger partial charge in [0, 0.05) is 23.9 Å². The fourth-order valence-electron chi connectivity index (χ4n) is 3.40. The summed E-state index contributed by atoms with van der Waals surface area (Å²) in [6.45, 7) is 16.7. The highest BCUT2D eigenvalue weighted by molar-refractivity contribution is 7.77. The molecular formula is C16H29NO2S. The van der Waals surface area contributed by atoms with Crippen LogP contribution in [0.1, 0.15) is 53.4 Å². The maximum Gasteiger partial charge on any atom is 0.213 e. The first-order valence-corrected chi connectivity index (χ1v) is 7.74. The predicted octanol–water partition coefficient (Wildman–Crippen LogP) is 4.32. The molecule has 0 aliphatic carbocycles. The van der Waals surface area contributed by atoms with E-state index >= 15 is 0 Å². The van der Waals surface area contributed by atoms with Crippen LogP contribution < -0.4 is 0 Å². The molecule has 1 atom stereocenters. The first kappa shape index (κ1) is 17.6. The first-order chi connectivity index (χ1) is 9.31. The van der Waals surface area contributed by atoms with E-state index in [1.165, 1.54) is 6.26 Å². The Balaban J connectivity index is 3.18. The minimum absolute atomic E-state index is 0.0466. The molecule has 1 heterocycles. The number of piperidine rings is 1. The van der Waals surface area contributed by atoms with Crippen LogP contribution in [-0.4, -0.2) is 27.8 Å². The Kier molecular flexibility index (Phi) is 5.76. The lowest BCUT2D eigenvalue weighted by Crippen LogP contribution is -2.65. The summed E-state index contributed by atoms with van der Waals surface area (Å²) in [7, 11) is 0. The van der Waals surface area contributed by atoms with Crippen LogP contribution in [0.4, 0.5) is 0 Å². The van der Waals surface area contributed by atoms with E-state index < -0.39 is 5.79 Å². The van der Waals surface area contributed by atoms with Crippen molar-refractivity contribution in [3.63, 3.8) is 0 Å². The molecule has 1 saturated heterocycles. The van der Waals surface area contributed by atoms with Gasteiger partial charge in [-0.2, -0.15) is 0 Å². The number of rotatable bonds is 7. The summed E-state index contributed by atoms with van der Waals surface area (Å²) in [5.41, 5.74) is -0.174. The van der Waals surface area contributed by atoms with Crippen LogP contribution in [0.5, 0.6) is 0 Å². The van der Waals surface area contributed by atoms with Crippen molar-refractivity contribution >= 4 is 12.8 Å². The molecule has 0 aromatic heterocycles.